The Hall–Kier alpha value is -3.61. The summed E-state index contributed by atoms with van der Waals surface area (Å²) < 4.78 is 10.4. The Kier molecular flexibility index (Phi) is 5.84. The molecule has 0 aliphatic heterocycles. The number of nitrogens with one attached hydrogen (secondary N) is 2. The van der Waals surface area contributed by atoms with Crippen molar-refractivity contribution in [3.05, 3.63) is 71.9 Å². The predicted octanol–water partition coefficient (Wildman–Crippen LogP) is 2.40. The van der Waals surface area contributed by atoms with Crippen molar-refractivity contribution < 1.29 is 18.8 Å². The summed E-state index contributed by atoms with van der Waals surface area (Å²) >= 11 is 0. The summed E-state index contributed by atoms with van der Waals surface area (Å²) in [5.41, 5.74) is 1.95. The van der Waals surface area contributed by atoms with Gasteiger partial charge in [0.1, 0.15) is 11.4 Å². The molecule has 2 amide bonds. The van der Waals surface area contributed by atoms with Crippen LogP contribution in [-0.2, 0) is 11.3 Å². The molecule has 1 heterocycles. The molecule has 138 valence electrons. The lowest BCUT2D eigenvalue weighted by Gasteiger charge is -2.05. The van der Waals surface area contributed by atoms with E-state index in [1.807, 2.05) is 30.3 Å². The normalized spacial score (nSPS) is 10.3. The molecule has 3 aromatic rings. The lowest BCUT2D eigenvalue weighted by Crippen LogP contribution is -2.36. The van der Waals surface area contributed by atoms with E-state index in [1.165, 1.54) is 0 Å². The first-order valence-electron chi connectivity index (χ1n) is 8.35. The first kappa shape index (κ1) is 18.2. The minimum Gasteiger partial charge on any atom is -0.497 e. The number of hydrogen-bond donors (Lipinski definition) is 2. The van der Waals surface area contributed by atoms with Gasteiger partial charge in [0.25, 0.3) is 5.91 Å². The number of hydrogen-bond acceptors (Lipinski definition) is 5. The lowest BCUT2D eigenvalue weighted by molar-refractivity contribution is -0.120. The average molecular weight is 365 g/mol. The molecule has 0 unspecified atom stereocenters. The Bertz CT molecular complexity index is 904. The van der Waals surface area contributed by atoms with E-state index in [2.05, 4.69) is 15.8 Å². The maximum Gasteiger partial charge on any atom is 0.251 e. The van der Waals surface area contributed by atoms with Gasteiger partial charge in [-0.1, -0.05) is 23.4 Å². The first-order chi connectivity index (χ1) is 13.2. The highest BCUT2D eigenvalue weighted by molar-refractivity contribution is 5.96. The fourth-order valence-corrected chi connectivity index (χ4v) is 2.39. The number of carbonyl (C=O) groups is 2. The van der Waals surface area contributed by atoms with Gasteiger partial charge in [-0.3, -0.25) is 9.59 Å². The van der Waals surface area contributed by atoms with Gasteiger partial charge >= 0.3 is 0 Å². The van der Waals surface area contributed by atoms with Crippen molar-refractivity contribution in [2.45, 2.75) is 6.54 Å². The Morgan fingerprint density at radius 1 is 1.04 bits per heavy atom. The minimum absolute atomic E-state index is 0.114. The van der Waals surface area contributed by atoms with E-state index in [0.29, 0.717) is 17.0 Å². The molecule has 2 N–H and O–H groups in total. The van der Waals surface area contributed by atoms with E-state index in [0.717, 1.165) is 11.3 Å². The monoisotopic (exact) mass is 365 g/mol. The molecule has 0 atom stereocenters. The number of methoxy groups -OCH3 is 1. The molecule has 0 radical (unpaired) electrons. The standard InChI is InChI=1S/C20H19N3O4/c1-26-17-9-7-14(8-10-17)18-11-16(23-27-18)12-21-19(24)13-22-20(25)15-5-3-2-4-6-15/h2-11H,12-13H2,1H3,(H,21,24)(H,22,25). The number of ether oxygens (including phenoxy) is 1. The summed E-state index contributed by atoms with van der Waals surface area (Å²) in [4.78, 5) is 23.8. The lowest BCUT2D eigenvalue weighted by atomic mass is 10.1. The molecule has 2 aromatic carbocycles. The molecule has 27 heavy (non-hydrogen) atoms. The molecule has 7 nitrogen and oxygen atoms in total. The van der Waals surface area contributed by atoms with Crippen LogP contribution in [-0.4, -0.2) is 30.6 Å². The van der Waals surface area contributed by atoms with Gasteiger partial charge in [-0.2, -0.15) is 0 Å². The van der Waals surface area contributed by atoms with Crippen LogP contribution in [0.2, 0.25) is 0 Å². The maximum atomic E-state index is 11.9. The highest BCUT2D eigenvalue weighted by atomic mass is 16.5. The third kappa shape index (κ3) is 4.94. The van der Waals surface area contributed by atoms with Crippen LogP contribution in [0.25, 0.3) is 11.3 Å². The third-order valence-corrected chi connectivity index (χ3v) is 3.85. The van der Waals surface area contributed by atoms with E-state index in [1.54, 1.807) is 37.4 Å². The summed E-state index contributed by atoms with van der Waals surface area (Å²) in [7, 11) is 1.60. The van der Waals surface area contributed by atoms with Gasteiger partial charge < -0.3 is 19.9 Å². The van der Waals surface area contributed by atoms with Gasteiger partial charge in [0.05, 0.1) is 20.2 Å². The smallest absolute Gasteiger partial charge is 0.251 e. The van der Waals surface area contributed by atoms with Gasteiger partial charge in [0.2, 0.25) is 5.91 Å². The van der Waals surface area contributed by atoms with E-state index in [9.17, 15) is 9.59 Å². The van der Waals surface area contributed by atoms with Crippen molar-refractivity contribution in [2.75, 3.05) is 13.7 Å². The highest BCUT2D eigenvalue weighted by Gasteiger charge is 2.10. The number of carbonyl (C=O) groups excluding carboxylic acids is 2. The Morgan fingerprint density at radius 2 is 1.78 bits per heavy atom. The Balaban J connectivity index is 1.48. The molecule has 0 aliphatic carbocycles. The van der Waals surface area contributed by atoms with Crippen LogP contribution in [0.3, 0.4) is 0 Å². The third-order valence-electron chi connectivity index (χ3n) is 3.85. The molecular weight excluding hydrogens is 346 g/mol. The molecule has 0 fully saturated rings. The van der Waals surface area contributed by atoms with Crippen LogP contribution >= 0.6 is 0 Å². The fourth-order valence-electron chi connectivity index (χ4n) is 2.39. The molecule has 0 saturated carbocycles. The van der Waals surface area contributed by atoms with Crippen molar-refractivity contribution in [2.24, 2.45) is 0 Å². The van der Waals surface area contributed by atoms with Crippen molar-refractivity contribution in [3.63, 3.8) is 0 Å². The molecule has 1 aromatic heterocycles. The number of benzene rings is 2. The minimum atomic E-state index is -0.312. The second kappa shape index (κ2) is 8.66. The van der Waals surface area contributed by atoms with Gasteiger partial charge in [-0.25, -0.2) is 0 Å². The van der Waals surface area contributed by atoms with Gasteiger partial charge in [-0.15, -0.1) is 0 Å². The van der Waals surface area contributed by atoms with E-state index < -0.39 is 0 Å². The largest absolute Gasteiger partial charge is 0.497 e. The van der Waals surface area contributed by atoms with Crippen molar-refractivity contribution in [1.29, 1.82) is 0 Å². The second-order valence-corrected chi connectivity index (χ2v) is 5.74. The predicted molar refractivity (Wildman–Crippen MR) is 99.1 cm³/mol. The Morgan fingerprint density at radius 3 is 2.48 bits per heavy atom. The van der Waals surface area contributed by atoms with Gasteiger partial charge in [-0.05, 0) is 36.4 Å². The summed E-state index contributed by atoms with van der Waals surface area (Å²) in [6.07, 6.45) is 0. The summed E-state index contributed by atoms with van der Waals surface area (Å²) in [5, 5.41) is 9.20. The van der Waals surface area contributed by atoms with Crippen LogP contribution in [0.5, 0.6) is 5.75 Å². The van der Waals surface area contributed by atoms with Crippen LogP contribution in [0.15, 0.2) is 65.2 Å². The molecule has 3 rings (SSSR count). The Labute approximate surface area is 156 Å². The maximum absolute atomic E-state index is 11.9. The summed E-state index contributed by atoms with van der Waals surface area (Å²) in [6, 6.07) is 17.9. The molecule has 7 heteroatoms. The molecular formula is C20H19N3O4. The first-order valence-corrected chi connectivity index (χ1v) is 8.35. The van der Waals surface area contributed by atoms with Crippen LogP contribution in [0, 0.1) is 0 Å². The zero-order valence-electron chi connectivity index (χ0n) is 14.8. The fraction of sp³-hybridized carbons (Fsp3) is 0.150. The second-order valence-electron chi connectivity index (χ2n) is 5.74. The van der Waals surface area contributed by atoms with Crippen LogP contribution < -0.4 is 15.4 Å². The van der Waals surface area contributed by atoms with E-state index in [4.69, 9.17) is 9.26 Å². The number of rotatable bonds is 7. The molecule has 0 saturated heterocycles. The van der Waals surface area contributed by atoms with Crippen molar-refractivity contribution in [3.8, 4) is 17.1 Å². The van der Waals surface area contributed by atoms with Crippen LogP contribution in [0.4, 0.5) is 0 Å². The highest BCUT2D eigenvalue weighted by Crippen LogP contribution is 2.22. The average Bonchev–Trinajstić information content (AvgIpc) is 3.20. The van der Waals surface area contributed by atoms with Gasteiger partial charge in [0.15, 0.2) is 5.76 Å². The van der Waals surface area contributed by atoms with E-state index in [-0.39, 0.29) is 24.9 Å². The number of amides is 2. The molecule has 0 bridgehead atoms. The zero-order valence-corrected chi connectivity index (χ0v) is 14.8. The quantitative estimate of drug-likeness (QED) is 0.671. The van der Waals surface area contributed by atoms with Crippen molar-refractivity contribution in [1.82, 2.24) is 15.8 Å². The van der Waals surface area contributed by atoms with Crippen molar-refractivity contribution >= 4 is 11.8 Å². The molecule has 0 aliphatic rings. The van der Waals surface area contributed by atoms with Gasteiger partial charge in [0, 0.05) is 17.2 Å². The summed E-state index contributed by atoms with van der Waals surface area (Å²) in [6.45, 7) is 0.0939. The SMILES string of the molecule is COc1ccc(-c2cc(CNC(=O)CNC(=O)c3ccccc3)no2)cc1. The number of aromatic nitrogens is 1. The topological polar surface area (TPSA) is 93.5 Å². The zero-order chi connectivity index (χ0) is 19.1. The molecule has 0 spiro atoms. The number of nitrogens with zero attached hydrogens (tertiary/aromatic N) is 1. The van der Waals surface area contributed by atoms with Crippen LogP contribution in [0.1, 0.15) is 16.1 Å². The van der Waals surface area contributed by atoms with E-state index >= 15 is 0 Å². The summed E-state index contributed by atoms with van der Waals surface area (Å²) in [5.74, 6) is 0.741.